The Morgan fingerprint density at radius 1 is 1.20 bits per heavy atom. The van der Waals surface area contributed by atoms with E-state index < -0.39 is 6.09 Å². The summed E-state index contributed by atoms with van der Waals surface area (Å²) in [4.78, 5) is 19.8. The van der Waals surface area contributed by atoms with E-state index in [1.54, 1.807) is 19.3 Å². The maximum atomic E-state index is 11.1. The molecule has 2 rings (SSSR count). The molecule has 5 heteroatoms. The first-order chi connectivity index (χ1) is 9.79. The van der Waals surface area contributed by atoms with Crippen molar-refractivity contribution in [2.24, 2.45) is 0 Å². The van der Waals surface area contributed by atoms with Gasteiger partial charge in [-0.15, -0.1) is 0 Å². The molecule has 0 radical (unpaired) electrons. The van der Waals surface area contributed by atoms with Crippen LogP contribution in [0.5, 0.6) is 0 Å². The summed E-state index contributed by atoms with van der Waals surface area (Å²) in [5.74, 6) is 0.702. The summed E-state index contributed by atoms with van der Waals surface area (Å²) in [7, 11) is 0. The number of nitrogens with zero attached hydrogens (tertiary/aromatic N) is 2. The molecule has 5 nitrogen and oxygen atoms in total. The molecular weight excluding hydrogens is 254 g/mol. The fourth-order valence-corrected chi connectivity index (χ4v) is 1.71. The lowest BCUT2D eigenvalue weighted by Crippen LogP contribution is -2.26. The minimum absolute atomic E-state index is 0.376. The van der Waals surface area contributed by atoms with Crippen molar-refractivity contribution in [2.75, 3.05) is 13.2 Å². The number of hydrogen-bond acceptors (Lipinski definition) is 4. The van der Waals surface area contributed by atoms with Gasteiger partial charge in [0.1, 0.15) is 0 Å². The highest BCUT2D eigenvalue weighted by molar-refractivity contribution is 5.67. The van der Waals surface area contributed by atoms with Crippen molar-refractivity contribution in [3.63, 3.8) is 0 Å². The number of hydrogen-bond donors (Lipinski definition) is 1. The number of carbonyl (C=O) groups excluding carboxylic acids is 1. The molecule has 0 fully saturated rings. The van der Waals surface area contributed by atoms with Crippen LogP contribution in [0.3, 0.4) is 0 Å². The molecule has 20 heavy (non-hydrogen) atoms. The Kier molecular flexibility index (Phi) is 5.06. The summed E-state index contributed by atoms with van der Waals surface area (Å²) >= 11 is 0. The van der Waals surface area contributed by atoms with Gasteiger partial charge in [-0.1, -0.05) is 30.3 Å². The van der Waals surface area contributed by atoms with Gasteiger partial charge in [-0.3, -0.25) is 0 Å². The fourth-order valence-electron chi connectivity index (χ4n) is 1.71. The standard InChI is InChI=1S/C15H17N3O2/c1-2-20-15(19)16-9-8-12-10-17-14(18-11-12)13-6-4-3-5-7-13/h3-7,10-11H,2,8-9H2,1H3,(H,16,19). The lowest BCUT2D eigenvalue weighted by molar-refractivity contribution is 0.152. The van der Waals surface area contributed by atoms with E-state index in [0.717, 1.165) is 11.1 Å². The number of nitrogens with one attached hydrogen (secondary N) is 1. The van der Waals surface area contributed by atoms with Gasteiger partial charge in [0.2, 0.25) is 0 Å². The summed E-state index contributed by atoms with van der Waals surface area (Å²) in [5.41, 5.74) is 1.96. The van der Waals surface area contributed by atoms with Crippen LogP contribution in [0.15, 0.2) is 42.7 Å². The number of aromatic nitrogens is 2. The van der Waals surface area contributed by atoms with Crippen molar-refractivity contribution in [2.45, 2.75) is 13.3 Å². The minimum atomic E-state index is -0.394. The number of amides is 1. The quantitative estimate of drug-likeness (QED) is 0.907. The van der Waals surface area contributed by atoms with E-state index in [0.29, 0.717) is 25.4 Å². The molecule has 2 aromatic rings. The van der Waals surface area contributed by atoms with Gasteiger partial charge in [0.15, 0.2) is 5.82 Å². The molecule has 0 aliphatic carbocycles. The van der Waals surface area contributed by atoms with Crippen molar-refractivity contribution in [1.29, 1.82) is 0 Å². The van der Waals surface area contributed by atoms with E-state index in [9.17, 15) is 4.79 Å². The zero-order chi connectivity index (χ0) is 14.2. The van der Waals surface area contributed by atoms with Gasteiger partial charge < -0.3 is 10.1 Å². The molecule has 0 aliphatic rings. The van der Waals surface area contributed by atoms with Gasteiger partial charge in [-0.25, -0.2) is 14.8 Å². The molecule has 1 amide bonds. The lowest BCUT2D eigenvalue weighted by atomic mass is 10.2. The topological polar surface area (TPSA) is 64.1 Å². The van der Waals surface area contributed by atoms with Gasteiger partial charge in [-0.2, -0.15) is 0 Å². The van der Waals surface area contributed by atoms with E-state index in [1.165, 1.54) is 0 Å². The average Bonchev–Trinajstić information content (AvgIpc) is 2.49. The van der Waals surface area contributed by atoms with Crippen LogP contribution < -0.4 is 5.32 Å². The van der Waals surface area contributed by atoms with Gasteiger partial charge in [0.25, 0.3) is 0 Å². The predicted molar refractivity (Wildman–Crippen MR) is 76.2 cm³/mol. The van der Waals surface area contributed by atoms with Crippen molar-refractivity contribution in [3.05, 3.63) is 48.3 Å². The molecule has 0 spiro atoms. The zero-order valence-electron chi connectivity index (χ0n) is 11.4. The van der Waals surface area contributed by atoms with Crippen molar-refractivity contribution >= 4 is 6.09 Å². The second-order valence-electron chi connectivity index (χ2n) is 4.18. The average molecular weight is 271 g/mol. The first-order valence-corrected chi connectivity index (χ1v) is 6.56. The normalized spacial score (nSPS) is 10.1. The number of carbonyl (C=O) groups is 1. The summed E-state index contributed by atoms with van der Waals surface area (Å²) in [6, 6.07) is 9.80. The fraction of sp³-hybridized carbons (Fsp3) is 0.267. The summed E-state index contributed by atoms with van der Waals surface area (Å²) in [6.45, 7) is 2.66. The van der Waals surface area contributed by atoms with E-state index >= 15 is 0 Å². The molecule has 0 bridgehead atoms. The monoisotopic (exact) mass is 271 g/mol. The van der Waals surface area contributed by atoms with E-state index in [4.69, 9.17) is 4.74 Å². The summed E-state index contributed by atoms with van der Waals surface area (Å²) in [5, 5.41) is 2.66. The highest BCUT2D eigenvalue weighted by atomic mass is 16.5. The molecule has 0 unspecified atom stereocenters. The van der Waals surface area contributed by atoms with E-state index in [-0.39, 0.29) is 0 Å². The Morgan fingerprint density at radius 2 is 1.90 bits per heavy atom. The van der Waals surface area contributed by atoms with Gasteiger partial charge in [0, 0.05) is 24.5 Å². The Hall–Kier alpha value is -2.43. The molecule has 1 aromatic heterocycles. The van der Waals surface area contributed by atoms with Gasteiger partial charge in [0.05, 0.1) is 6.61 Å². The minimum Gasteiger partial charge on any atom is -0.450 e. The molecule has 0 saturated carbocycles. The summed E-state index contributed by atoms with van der Waals surface area (Å²) in [6.07, 6.45) is 3.84. The predicted octanol–water partition coefficient (Wildman–Crippen LogP) is 2.43. The first kappa shape index (κ1) is 14.0. The second-order valence-corrected chi connectivity index (χ2v) is 4.18. The van der Waals surface area contributed by atoms with Crippen LogP contribution in [0.4, 0.5) is 4.79 Å². The van der Waals surface area contributed by atoms with Crippen LogP contribution in [0.25, 0.3) is 11.4 Å². The third kappa shape index (κ3) is 4.05. The van der Waals surface area contributed by atoms with Crippen LogP contribution in [0, 0.1) is 0 Å². The summed E-state index contributed by atoms with van der Waals surface area (Å²) < 4.78 is 4.78. The largest absolute Gasteiger partial charge is 0.450 e. The molecule has 1 heterocycles. The second kappa shape index (κ2) is 7.23. The smallest absolute Gasteiger partial charge is 0.407 e. The van der Waals surface area contributed by atoms with E-state index in [1.807, 2.05) is 30.3 Å². The first-order valence-electron chi connectivity index (χ1n) is 6.56. The van der Waals surface area contributed by atoms with Gasteiger partial charge >= 0.3 is 6.09 Å². The maximum Gasteiger partial charge on any atom is 0.407 e. The Labute approximate surface area is 118 Å². The van der Waals surface area contributed by atoms with Crippen LogP contribution in [-0.2, 0) is 11.2 Å². The Morgan fingerprint density at radius 3 is 2.55 bits per heavy atom. The Bertz CT molecular complexity index is 541. The number of alkyl carbamates (subject to hydrolysis) is 1. The molecule has 0 aliphatic heterocycles. The zero-order valence-corrected chi connectivity index (χ0v) is 11.4. The highest BCUT2D eigenvalue weighted by Gasteiger charge is 2.02. The molecule has 104 valence electrons. The Balaban J connectivity index is 1.88. The van der Waals surface area contributed by atoms with Crippen molar-refractivity contribution in [3.8, 4) is 11.4 Å². The number of ether oxygens (including phenoxy) is 1. The molecular formula is C15H17N3O2. The van der Waals surface area contributed by atoms with Crippen LogP contribution >= 0.6 is 0 Å². The van der Waals surface area contributed by atoms with Crippen LogP contribution in [-0.4, -0.2) is 29.2 Å². The molecule has 1 aromatic carbocycles. The van der Waals surface area contributed by atoms with Crippen LogP contribution in [0.1, 0.15) is 12.5 Å². The van der Waals surface area contributed by atoms with E-state index in [2.05, 4.69) is 15.3 Å². The molecule has 0 saturated heterocycles. The SMILES string of the molecule is CCOC(=O)NCCc1cnc(-c2ccccc2)nc1. The lowest BCUT2D eigenvalue weighted by Gasteiger charge is -2.05. The third-order valence-electron chi connectivity index (χ3n) is 2.70. The molecule has 0 atom stereocenters. The molecule has 1 N–H and O–H groups in total. The third-order valence-corrected chi connectivity index (χ3v) is 2.70. The number of rotatable bonds is 5. The van der Waals surface area contributed by atoms with Crippen molar-refractivity contribution < 1.29 is 9.53 Å². The highest BCUT2D eigenvalue weighted by Crippen LogP contribution is 2.13. The van der Waals surface area contributed by atoms with Gasteiger partial charge in [-0.05, 0) is 18.9 Å². The number of benzene rings is 1. The maximum absolute atomic E-state index is 11.1. The van der Waals surface area contributed by atoms with Crippen LogP contribution in [0.2, 0.25) is 0 Å². The van der Waals surface area contributed by atoms with Crippen molar-refractivity contribution in [1.82, 2.24) is 15.3 Å².